The quantitative estimate of drug-likeness (QED) is 0.813. The maximum atomic E-state index is 12.0. The molecule has 0 aromatic heterocycles. The molecule has 0 saturated heterocycles. The molecule has 2 rings (SSSR count). The third-order valence-electron chi connectivity index (χ3n) is 3.19. The molecule has 0 atom stereocenters. The SMILES string of the molecule is CN(Cc1ccccc1)C(=O)COC(=O)c1cc(Br)ccc1O. The Labute approximate surface area is 142 Å². The standard InChI is InChI=1S/C17H16BrNO4/c1-19(10-12-5-3-2-4-6-12)16(21)11-23-17(22)14-9-13(18)7-8-15(14)20/h2-9,20H,10-11H2,1H3. The van der Waals surface area contributed by atoms with Crippen molar-refractivity contribution in [2.75, 3.05) is 13.7 Å². The lowest BCUT2D eigenvalue weighted by molar-refractivity contribution is -0.133. The molecule has 23 heavy (non-hydrogen) atoms. The number of hydrogen-bond donors (Lipinski definition) is 1. The van der Waals surface area contributed by atoms with Crippen molar-refractivity contribution in [1.82, 2.24) is 4.90 Å². The summed E-state index contributed by atoms with van der Waals surface area (Å²) in [6.45, 7) is 0.0491. The van der Waals surface area contributed by atoms with Crippen LogP contribution in [0.1, 0.15) is 15.9 Å². The third-order valence-corrected chi connectivity index (χ3v) is 3.69. The zero-order valence-electron chi connectivity index (χ0n) is 12.5. The first-order valence-corrected chi connectivity index (χ1v) is 7.70. The Hall–Kier alpha value is -2.34. The molecule has 0 radical (unpaired) electrons. The first-order chi connectivity index (χ1) is 11.0. The van der Waals surface area contributed by atoms with Gasteiger partial charge in [0.2, 0.25) is 0 Å². The number of carbonyl (C=O) groups excluding carboxylic acids is 2. The highest BCUT2D eigenvalue weighted by Gasteiger charge is 2.16. The Morgan fingerprint density at radius 2 is 1.87 bits per heavy atom. The minimum atomic E-state index is -0.745. The minimum Gasteiger partial charge on any atom is -0.507 e. The van der Waals surface area contributed by atoms with E-state index in [1.807, 2.05) is 30.3 Å². The maximum absolute atomic E-state index is 12.0. The Morgan fingerprint density at radius 3 is 2.57 bits per heavy atom. The van der Waals surface area contributed by atoms with Gasteiger partial charge in [0, 0.05) is 18.1 Å². The first-order valence-electron chi connectivity index (χ1n) is 6.91. The Balaban J connectivity index is 1.90. The van der Waals surface area contributed by atoms with Crippen molar-refractivity contribution in [3.8, 4) is 5.75 Å². The molecule has 120 valence electrons. The Morgan fingerprint density at radius 1 is 1.17 bits per heavy atom. The van der Waals surface area contributed by atoms with Crippen LogP contribution in [-0.4, -0.2) is 35.5 Å². The topological polar surface area (TPSA) is 66.8 Å². The number of rotatable bonds is 5. The van der Waals surface area contributed by atoms with Gasteiger partial charge in [-0.2, -0.15) is 0 Å². The number of phenols is 1. The number of ether oxygens (including phenoxy) is 1. The van der Waals surface area contributed by atoms with Gasteiger partial charge in [0.25, 0.3) is 5.91 Å². The number of aromatic hydroxyl groups is 1. The van der Waals surface area contributed by atoms with Crippen LogP contribution in [0.15, 0.2) is 53.0 Å². The third kappa shape index (κ3) is 4.82. The van der Waals surface area contributed by atoms with Gasteiger partial charge in [-0.25, -0.2) is 4.79 Å². The molecular formula is C17H16BrNO4. The normalized spacial score (nSPS) is 10.2. The first kappa shape index (κ1) is 17.0. The van der Waals surface area contributed by atoms with E-state index >= 15 is 0 Å². The number of phenolic OH excluding ortho intramolecular Hbond substituents is 1. The smallest absolute Gasteiger partial charge is 0.342 e. The molecule has 0 spiro atoms. The van der Waals surface area contributed by atoms with Crippen molar-refractivity contribution in [2.45, 2.75) is 6.54 Å². The monoisotopic (exact) mass is 377 g/mol. The number of amides is 1. The molecule has 0 aliphatic rings. The summed E-state index contributed by atoms with van der Waals surface area (Å²) in [5, 5.41) is 9.66. The number of nitrogens with zero attached hydrogens (tertiary/aromatic N) is 1. The summed E-state index contributed by atoms with van der Waals surface area (Å²) in [5.74, 6) is -1.26. The molecule has 5 nitrogen and oxygen atoms in total. The fourth-order valence-electron chi connectivity index (χ4n) is 1.93. The number of halogens is 1. The van der Waals surface area contributed by atoms with E-state index in [4.69, 9.17) is 4.74 Å². The van der Waals surface area contributed by atoms with Gasteiger partial charge in [0.05, 0.1) is 0 Å². The van der Waals surface area contributed by atoms with Crippen LogP contribution >= 0.6 is 15.9 Å². The molecule has 1 amide bonds. The number of hydrogen-bond acceptors (Lipinski definition) is 4. The summed E-state index contributed by atoms with van der Waals surface area (Å²) in [6.07, 6.45) is 0. The molecule has 2 aromatic rings. The molecule has 0 fully saturated rings. The maximum Gasteiger partial charge on any atom is 0.342 e. The highest BCUT2D eigenvalue weighted by molar-refractivity contribution is 9.10. The summed E-state index contributed by atoms with van der Waals surface area (Å²) >= 11 is 3.21. The van der Waals surface area contributed by atoms with E-state index in [1.165, 1.54) is 17.0 Å². The molecule has 1 N–H and O–H groups in total. The second kappa shape index (κ2) is 7.78. The van der Waals surface area contributed by atoms with Crippen molar-refractivity contribution >= 4 is 27.8 Å². The molecule has 0 unspecified atom stereocenters. The van der Waals surface area contributed by atoms with E-state index < -0.39 is 5.97 Å². The van der Waals surface area contributed by atoms with Crippen molar-refractivity contribution in [3.63, 3.8) is 0 Å². The molecule has 6 heteroatoms. The van der Waals surface area contributed by atoms with Crippen LogP contribution < -0.4 is 0 Å². The van der Waals surface area contributed by atoms with Crippen LogP contribution in [0.3, 0.4) is 0 Å². The number of carbonyl (C=O) groups is 2. The molecule has 0 heterocycles. The summed E-state index contributed by atoms with van der Waals surface area (Å²) in [7, 11) is 1.64. The average Bonchev–Trinajstić information content (AvgIpc) is 2.55. The molecule has 0 bridgehead atoms. The van der Waals surface area contributed by atoms with Crippen LogP contribution in [0, 0.1) is 0 Å². The van der Waals surface area contributed by atoms with Gasteiger partial charge in [-0.1, -0.05) is 46.3 Å². The minimum absolute atomic E-state index is 0.0119. The van der Waals surface area contributed by atoms with Gasteiger partial charge >= 0.3 is 5.97 Å². The van der Waals surface area contributed by atoms with Gasteiger partial charge in [-0.3, -0.25) is 4.79 Å². The van der Waals surface area contributed by atoms with Gasteiger partial charge in [0.1, 0.15) is 11.3 Å². The lowest BCUT2D eigenvalue weighted by atomic mass is 10.2. The zero-order valence-corrected chi connectivity index (χ0v) is 14.1. The van der Waals surface area contributed by atoms with Crippen LogP contribution in [0.25, 0.3) is 0 Å². The van der Waals surface area contributed by atoms with Crippen molar-refractivity contribution in [1.29, 1.82) is 0 Å². The number of benzene rings is 2. The highest BCUT2D eigenvalue weighted by Crippen LogP contribution is 2.22. The number of likely N-dealkylation sites (N-methyl/N-ethyl adjacent to an activating group) is 1. The molecule has 0 aliphatic carbocycles. The van der Waals surface area contributed by atoms with E-state index in [2.05, 4.69) is 15.9 Å². The van der Waals surface area contributed by atoms with E-state index in [0.29, 0.717) is 11.0 Å². The second-order valence-corrected chi connectivity index (χ2v) is 5.89. The molecule has 0 aliphatic heterocycles. The summed E-state index contributed by atoms with van der Waals surface area (Å²) in [4.78, 5) is 25.4. The van der Waals surface area contributed by atoms with Gasteiger partial charge in [0.15, 0.2) is 6.61 Å². The molecular weight excluding hydrogens is 362 g/mol. The molecule has 2 aromatic carbocycles. The molecule has 0 saturated carbocycles. The zero-order chi connectivity index (χ0) is 16.8. The van der Waals surface area contributed by atoms with Crippen LogP contribution in [0.5, 0.6) is 5.75 Å². The highest BCUT2D eigenvalue weighted by atomic mass is 79.9. The summed E-state index contributed by atoms with van der Waals surface area (Å²) in [6, 6.07) is 13.9. The van der Waals surface area contributed by atoms with E-state index in [0.717, 1.165) is 5.56 Å². The Bertz CT molecular complexity index is 703. The fourth-order valence-corrected chi connectivity index (χ4v) is 2.29. The van der Waals surface area contributed by atoms with Gasteiger partial charge in [-0.15, -0.1) is 0 Å². The number of esters is 1. The van der Waals surface area contributed by atoms with Gasteiger partial charge in [-0.05, 0) is 23.8 Å². The van der Waals surface area contributed by atoms with Gasteiger partial charge < -0.3 is 14.7 Å². The summed E-state index contributed by atoms with van der Waals surface area (Å²) < 4.78 is 5.61. The van der Waals surface area contributed by atoms with Crippen LogP contribution in [0.4, 0.5) is 0 Å². The van der Waals surface area contributed by atoms with E-state index in [9.17, 15) is 14.7 Å². The van der Waals surface area contributed by atoms with Crippen molar-refractivity contribution in [3.05, 3.63) is 64.1 Å². The second-order valence-electron chi connectivity index (χ2n) is 4.97. The van der Waals surface area contributed by atoms with E-state index in [1.54, 1.807) is 13.1 Å². The fraction of sp³-hybridized carbons (Fsp3) is 0.176. The predicted molar refractivity (Wildman–Crippen MR) is 89.0 cm³/mol. The Kier molecular flexibility index (Phi) is 5.76. The largest absolute Gasteiger partial charge is 0.507 e. The lowest BCUT2D eigenvalue weighted by Gasteiger charge is -2.17. The lowest BCUT2D eigenvalue weighted by Crippen LogP contribution is -2.30. The van der Waals surface area contributed by atoms with Crippen molar-refractivity contribution < 1.29 is 19.4 Å². The summed E-state index contributed by atoms with van der Waals surface area (Å²) in [5.41, 5.74) is 0.997. The predicted octanol–water partition coefficient (Wildman–Crippen LogP) is 2.97. The van der Waals surface area contributed by atoms with Crippen molar-refractivity contribution in [2.24, 2.45) is 0 Å². The van der Waals surface area contributed by atoms with Crippen LogP contribution in [0.2, 0.25) is 0 Å². The van der Waals surface area contributed by atoms with Crippen LogP contribution in [-0.2, 0) is 16.1 Å². The average molecular weight is 378 g/mol. The van der Waals surface area contributed by atoms with E-state index in [-0.39, 0.29) is 23.8 Å².